The molecule has 0 aliphatic heterocycles. The summed E-state index contributed by atoms with van der Waals surface area (Å²) < 4.78 is 0. The van der Waals surface area contributed by atoms with Crippen molar-refractivity contribution in [1.29, 1.82) is 0 Å². The maximum Gasteiger partial charge on any atom is 0.0814 e. The lowest BCUT2D eigenvalue weighted by Gasteiger charge is -2.15. The third-order valence-corrected chi connectivity index (χ3v) is 2.38. The van der Waals surface area contributed by atoms with Crippen LogP contribution in [0.25, 0.3) is 0 Å². The van der Waals surface area contributed by atoms with E-state index in [-0.39, 0.29) is 0 Å². The molecule has 2 heteroatoms. The summed E-state index contributed by atoms with van der Waals surface area (Å²) in [6, 6.07) is 9.41. The molecule has 0 unspecified atom stereocenters. The van der Waals surface area contributed by atoms with Gasteiger partial charge in [-0.3, -0.25) is 0 Å². The molecule has 0 aliphatic rings. The maximum absolute atomic E-state index is 9.80. The summed E-state index contributed by atoms with van der Waals surface area (Å²) in [5, 5.41) is 19.4. The Morgan fingerprint density at radius 2 is 1.87 bits per heavy atom. The first kappa shape index (κ1) is 12.0. The van der Waals surface area contributed by atoms with Crippen LogP contribution in [0.1, 0.15) is 30.9 Å². The smallest absolute Gasteiger partial charge is 0.0814 e. The Kier molecular flexibility index (Phi) is 5.08. The molecule has 2 nitrogen and oxygen atoms in total. The van der Waals surface area contributed by atoms with Crippen molar-refractivity contribution in [2.75, 3.05) is 0 Å². The highest BCUT2D eigenvalue weighted by atomic mass is 16.3. The molecule has 0 aliphatic carbocycles. The fraction of sp³-hybridized carbons (Fsp3) is 0.385. The van der Waals surface area contributed by atoms with E-state index >= 15 is 0 Å². The van der Waals surface area contributed by atoms with Crippen molar-refractivity contribution < 1.29 is 10.2 Å². The van der Waals surface area contributed by atoms with Crippen LogP contribution in [0.15, 0.2) is 43.0 Å². The largest absolute Gasteiger partial charge is 0.393 e. The Balaban J connectivity index is 2.41. The minimum Gasteiger partial charge on any atom is -0.393 e. The van der Waals surface area contributed by atoms with Crippen LogP contribution in [0.4, 0.5) is 0 Å². The van der Waals surface area contributed by atoms with Gasteiger partial charge in [-0.05, 0) is 18.4 Å². The number of benzene rings is 1. The van der Waals surface area contributed by atoms with Crippen molar-refractivity contribution in [2.24, 2.45) is 0 Å². The van der Waals surface area contributed by atoms with Crippen molar-refractivity contribution in [3.63, 3.8) is 0 Å². The molecule has 15 heavy (non-hydrogen) atoms. The SMILES string of the molecule is C=CCC[C@@H](O)C[C@H](O)c1ccccc1. The maximum atomic E-state index is 9.80. The van der Waals surface area contributed by atoms with Crippen LogP contribution in [0.2, 0.25) is 0 Å². The third-order valence-electron chi connectivity index (χ3n) is 2.38. The van der Waals surface area contributed by atoms with Crippen molar-refractivity contribution >= 4 is 0 Å². The van der Waals surface area contributed by atoms with Gasteiger partial charge in [0.15, 0.2) is 0 Å². The van der Waals surface area contributed by atoms with E-state index in [1.54, 1.807) is 6.08 Å². The Morgan fingerprint density at radius 1 is 1.20 bits per heavy atom. The Morgan fingerprint density at radius 3 is 2.47 bits per heavy atom. The molecule has 0 aromatic heterocycles. The van der Waals surface area contributed by atoms with Gasteiger partial charge in [0.05, 0.1) is 12.2 Å². The van der Waals surface area contributed by atoms with Crippen LogP contribution in [0.3, 0.4) is 0 Å². The van der Waals surface area contributed by atoms with E-state index in [1.807, 2.05) is 30.3 Å². The Hall–Kier alpha value is -1.12. The lowest BCUT2D eigenvalue weighted by atomic mass is 10.0. The minimum absolute atomic E-state index is 0.387. The van der Waals surface area contributed by atoms with Gasteiger partial charge in [-0.1, -0.05) is 36.4 Å². The van der Waals surface area contributed by atoms with Gasteiger partial charge in [-0.2, -0.15) is 0 Å². The topological polar surface area (TPSA) is 40.5 Å². The number of aliphatic hydroxyl groups is 2. The lowest BCUT2D eigenvalue weighted by molar-refractivity contribution is 0.0761. The molecule has 0 heterocycles. The van der Waals surface area contributed by atoms with Crippen LogP contribution in [0.5, 0.6) is 0 Å². The van der Waals surface area contributed by atoms with E-state index < -0.39 is 12.2 Å². The van der Waals surface area contributed by atoms with Gasteiger partial charge in [-0.15, -0.1) is 6.58 Å². The molecule has 0 spiro atoms. The molecular formula is C13H18O2. The van der Waals surface area contributed by atoms with Crippen molar-refractivity contribution in [2.45, 2.75) is 31.5 Å². The van der Waals surface area contributed by atoms with Gasteiger partial charge in [0.25, 0.3) is 0 Å². The quantitative estimate of drug-likeness (QED) is 0.702. The highest BCUT2D eigenvalue weighted by Gasteiger charge is 2.12. The van der Waals surface area contributed by atoms with Gasteiger partial charge in [0.2, 0.25) is 0 Å². The molecule has 0 bridgehead atoms. The zero-order valence-electron chi connectivity index (χ0n) is 8.84. The summed E-state index contributed by atoms with van der Waals surface area (Å²) in [6.07, 6.45) is 2.57. The summed E-state index contributed by atoms with van der Waals surface area (Å²) in [5.74, 6) is 0. The van der Waals surface area contributed by atoms with Gasteiger partial charge in [0.1, 0.15) is 0 Å². The van der Waals surface area contributed by atoms with Gasteiger partial charge in [0, 0.05) is 6.42 Å². The molecule has 0 saturated carbocycles. The number of hydrogen-bond donors (Lipinski definition) is 2. The van der Waals surface area contributed by atoms with Crippen molar-refractivity contribution in [1.82, 2.24) is 0 Å². The summed E-state index contributed by atoms with van der Waals surface area (Å²) >= 11 is 0. The molecule has 82 valence electrons. The molecule has 0 saturated heterocycles. The monoisotopic (exact) mass is 206 g/mol. The second-order valence-corrected chi connectivity index (χ2v) is 3.68. The molecule has 2 N–H and O–H groups in total. The zero-order valence-corrected chi connectivity index (χ0v) is 8.84. The predicted molar refractivity (Wildman–Crippen MR) is 61.5 cm³/mol. The normalized spacial score (nSPS) is 14.5. The van der Waals surface area contributed by atoms with Crippen LogP contribution in [-0.2, 0) is 0 Å². The fourth-order valence-corrected chi connectivity index (χ4v) is 1.50. The van der Waals surface area contributed by atoms with E-state index in [9.17, 15) is 10.2 Å². The molecular weight excluding hydrogens is 188 g/mol. The van der Waals surface area contributed by atoms with Gasteiger partial charge < -0.3 is 10.2 Å². The summed E-state index contributed by atoms with van der Waals surface area (Å²) in [6.45, 7) is 3.60. The van der Waals surface area contributed by atoms with Crippen LogP contribution >= 0.6 is 0 Å². The van der Waals surface area contributed by atoms with Gasteiger partial charge in [-0.25, -0.2) is 0 Å². The Bertz CT molecular complexity index is 282. The summed E-state index contributed by atoms with van der Waals surface area (Å²) in [7, 11) is 0. The molecule has 1 rings (SSSR count). The average Bonchev–Trinajstić information content (AvgIpc) is 2.27. The first-order chi connectivity index (χ1) is 7.24. The highest BCUT2D eigenvalue weighted by molar-refractivity contribution is 5.17. The van der Waals surface area contributed by atoms with Crippen molar-refractivity contribution in [3.05, 3.63) is 48.6 Å². The number of hydrogen-bond acceptors (Lipinski definition) is 2. The number of aliphatic hydroxyl groups excluding tert-OH is 2. The first-order valence-electron chi connectivity index (χ1n) is 5.26. The highest BCUT2D eigenvalue weighted by Crippen LogP contribution is 2.19. The molecule has 1 aromatic carbocycles. The summed E-state index contributed by atoms with van der Waals surface area (Å²) in [5.41, 5.74) is 0.857. The van der Waals surface area contributed by atoms with Crippen LogP contribution < -0.4 is 0 Å². The zero-order chi connectivity index (χ0) is 11.1. The number of allylic oxidation sites excluding steroid dienone is 1. The second kappa shape index (κ2) is 6.38. The van der Waals surface area contributed by atoms with E-state index in [0.29, 0.717) is 12.8 Å². The van der Waals surface area contributed by atoms with Gasteiger partial charge >= 0.3 is 0 Å². The molecule has 1 aromatic rings. The second-order valence-electron chi connectivity index (χ2n) is 3.68. The predicted octanol–water partition coefficient (Wildman–Crippen LogP) is 2.44. The molecule has 0 radical (unpaired) electrons. The average molecular weight is 206 g/mol. The minimum atomic E-state index is -0.578. The third kappa shape index (κ3) is 4.28. The van der Waals surface area contributed by atoms with E-state index in [0.717, 1.165) is 12.0 Å². The molecule has 0 amide bonds. The van der Waals surface area contributed by atoms with Crippen LogP contribution in [-0.4, -0.2) is 16.3 Å². The van der Waals surface area contributed by atoms with Crippen molar-refractivity contribution in [3.8, 4) is 0 Å². The van der Waals surface area contributed by atoms with Crippen LogP contribution in [0, 0.1) is 0 Å². The molecule has 0 fully saturated rings. The first-order valence-corrected chi connectivity index (χ1v) is 5.26. The van der Waals surface area contributed by atoms with E-state index in [1.165, 1.54) is 0 Å². The fourth-order valence-electron chi connectivity index (χ4n) is 1.50. The lowest BCUT2D eigenvalue weighted by Crippen LogP contribution is -2.11. The van der Waals surface area contributed by atoms with E-state index in [4.69, 9.17) is 0 Å². The standard InChI is InChI=1S/C13H18O2/c1-2-3-9-12(14)10-13(15)11-7-5-4-6-8-11/h2,4-8,12-15H,1,3,9-10H2/t12-,13+/m1/s1. The molecule has 2 atom stereocenters. The number of rotatable bonds is 6. The summed E-state index contributed by atoms with van der Waals surface area (Å²) in [4.78, 5) is 0. The van der Waals surface area contributed by atoms with E-state index in [2.05, 4.69) is 6.58 Å². The Labute approximate surface area is 90.9 Å².